The van der Waals surface area contributed by atoms with Crippen LogP contribution < -0.4 is 5.73 Å². The van der Waals surface area contributed by atoms with E-state index in [1.54, 1.807) is 0 Å². The van der Waals surface area contributed by atoms with Gasteiger partial charge in [-0.3, -0.25) is 0 Å². The Hall–Kier alpha value is -0.180. The highest BCUT2D eigenvalue weighted by atomic mass is 19.3. The Morgan fingerprint density at radius 3 is 2.11 bits per heavy atom. The molecule has 0 aromatic rings. The highest BCUT2D eigenvalue weighted by Crippen LogP contribution is 2.48. The fourth-order valence-corrected chi connectivity index (χ4v) is 0.996. The van der Waals surface area contributed by atoms with Crippen molar-refractivity contribution in [2.24, 2.45) is 11.1 Å². The van der Waals surface area contributed by atoms with Gasteiger partial charge >= 0.3 is 0 Å². The first kappa shape index (κ1) is 6.93. The molecule has 0 amide bonds. The largest absolute Gasteiger partial charge is 0.330 e. The van der Waals surface area contributed by atoms with Gasteiger partial charge in [-0.1, -0.05) is 0 Å². The zero-order chi connectivity index (χ0) is 6.91. The molecule has 0 aromatic heterocycles. The van der Waals surface area contributed by atoms with Crippen LogP contribution in [0.25, 0.3) is 0 Å². The van der Waals surface area contributed by atoms with Crippen LogP contribution in [0.15, 0.2) is 0 Å². The van der Waals surface area contributed by atoms with Gasteiger partial charge in [0.25, 0.3) is 0 Å². The maximum atomic E-state index is 11.7. The predicted octanol–water partition coefficient (Wildman–Crippen LogP) is 1.38. The van der Waals surface area contributed by atoms with Gasteiger partial charge in [-0.05, 0) is 24.8 Å². The van der Waals surface area contributed by atoms with E-state index < -0.39 is 6.43 Å². The lowest BCUT2D eigenvalue weighted by Crippen LogP contribution is -2.18. The number of halogens is 2. The van der Waals surface area contributed by atoms with Crippen molar-refractivity contribution in [1.29, 1.82) is 0 Å². The maximum Gasteiger partial charge on any atom is 0.239 e. The molecule has 54 valence electrons. The molecule has 1 saturated carbocycles. The minimum Gasteiger partial charge on any atom is -0.330 e. The Balaban J connectivity index is 2.25. The van der Waals surface area contributed by atoms with Crippen LogP contribution in [0.3, 0.4) is 0 Å². The van der Waals surface area contributed by atoms with E-state index in [2.05, 4.69) is 0 Å². The van der Waals surface area contributed by atoms with E-state index in [-0.39, 0.29) is 11.8 Å². The molecule has 0 aromatic carbocycles. The van der Waals surface area contributed by atoms with Crippen molar-refractivity contribution >= 4 is 0 Å². The van der Waals surface area contributed by atoms with Gasteiger partial charge in [0.1, 0.15) is 0 Å². The maximum absolute atomic E-state index is 11.7. The van der Waals surface area contributed by atoms with E-state index in [0.717, 1.165) is 12.8 Å². The summed E-state index contributed by atoms with van der Waals surface area (Å²) < 4.78 is 23.4. The lowest BCUT2D eigenvalue weighted by atomic mass is 10.0. The van der Waals surface area contributed by atoms with Crippen molar-refractivity contribution in [2.45, 2.75) is 25.7 Å². The molecule has 3 heteroatoms. The van der Waals surface area contributed by atoms with Crippen LogP contribution in [0.2, 0.25) is 0 Å². The van der Waals surface area contributed by atoms with Gasteiger partial charge in [-0.2, -0.15) is 0 Å². The second kappa shape index (κ2) is 2.21. The van der Waals surface area contributed by atoms with Gasteiger partial charge in [-0.15, -0.1) is 0 Å². The molecular formula is C6H11F2N. The zero-order valence-electron chi connectivity index (χ0n) is 5.24. The van der Waals surface area contributed by atoms with Gasteiger partial charge < -0.3 is 5.73 Å². The summed E-state index contributed by atoms with van der Waals surface area (Å²) in [5.41, 5.74) is 5.13. The Kier molecular flexibility index (Phi) is 1.70. The first-order valence-corrected chi connectivity index (χ1v) is 3.17. The molecule has 1 aliphatic carbocycles. The summed E-state index contributed by atoms with van der Waals surface area (Å²) >= 11 is 0. The topological polar surface area (TPSA) is 26.0 Å². The fraction of sp³-hybridized carbons (Fsp3) is 1.00. The van der Waals surface area contributed by atoms with Gasteiger partial charge in [0, 0.05) is 6.42 Å². The second-order valence-corrected chi connectivity index (χ2v) is 2.80. The Bertz CT molecular complexity index is 99.2. The molecule has 0 atom stereocenters. The fourth-order valence-electron chi connectivity index (χ4n) is 0.996. The van der Waals surface area contributed by atoms with E-state index in [1.165, 1.54) is 0 Å². The number of rotatable bonds is 3. The molecular weight excluding hydrogens is 124 g/mol. The van der Waals surface area contributed by atoms with Crippen molar-refractivity contribution < 1.29 is 8.78 Å². The molecule has 0 unspecified atom stereocenters. The molecule has 0 bridgehead atoms. The monoisotopic (exact) mass is 135 g/mol. The van der Waals surface area contributed by atoms with Crippen LogP contribution in [-0.4, -0.2) is 13.0 Å². The SMILES string of the molecule is NCC1(CC(F)F)CC1. The van der Waals surface area contributed by atoms with E-state index in [9.17, 15) is 8.78 Å². The Labute approximate surface area is 53.2 Å². The Morgan fingerprint density at radius 2 is 2.00 bits per heavy atom. The number of nitrogens with two attached hydrogens (primary N) is 1. The molecule has 1 nitrogen and oxygen atoms in total. The van der Waals surface area contributed by atoms with Crippen LogP contribution in [0.5, 0.6) is 0 Å². The van der Waals surface area contributed by atoms with Crippen molar-refractivity contribution in [3.05, 3.63) is 0 Å². The van der Waals surface area contributed by atoms with Crippen LogP contribution in [0.1, 0.15) is 19.3 Å². The summed E-state index contributed by atoms with van der Waals surface area (Å²) in [6, 6.07) is 0. The third kappa shape index (κ3) is 1.61. The van der Waals surface area contributed by atoms with Crippen molar-refractivity contribution in [3.63, 3.8) is 0 Å². The molecule has 1 fully saturated rings. The highest BCUT2D eigenvalue weighted by Gasteiger charge is 2.43. The van der Waals surface area contributed by atoms with Crippen molar-refractivity contribution in [1.82, 2.24) is 0 Å². The summed E-state index contributed by atoms with van der Waals surface area (Å²) in [4.78, 5) is 0. The summed E-state index contributed by atoms with van der Waals surface area (Å²) in [5.74, 6) is 0. The Morgan fingerprint density at radius 1 is 1.44 bits per heavy atom. The smallest absolute Gasteiger partial charge is 0.239 e. The van der Waals surface area contributed by atoms with Gasteiger partial charge in [0.05, 0.1) is 0 Å². The number of hydrogen-bond donors (Lipinski definition) is 1. The molecule has 1 aliphatic rings. The minimum atomic E-state index is -2.17. The third-order valence-electron chi connectivity index (χ3n) is 1.98. The second-order valence-electron chi connectivity index (χ2n) is 2.80. The summed E-state index contributed by atoms with van der Waals surface area (Å²) in [7, 11) is 0. The first-order chi connectivity index (χ1) is 4.18. The molecule has 2 N–H and O–H groups in total. The predicted molar refractivity (Wildman–Crippen MR) is 31.3 cm³/mol. The lowest BCUT2D eigenvalue weighted by Gasteiger charge is -2.09. The molecule has 1 rings (SSSR count). The molecule has 0 heterocycles. The van der Waals surface area contributed by atoms with E-state index in [0.29, 0.717) is 6.54 Å². The van der Waals surface area contributed by atoms with Gasteiger partial charge in [-0.25, -0.2) is 8.78 Å². The molecule has 9 heavy (non-hydrogen) atoms. The number of alkyl halides is 2. The molecule has 0 radical (unpaired) electrons. The van der Waals surface area contributed by atoms with Crippen LogP contribution in [0.4, 0.5) is 8.78 Å². The molecule has 0 saturated heterocycles. The van der Waals surface area contributed by atoms with Crippen LogP contribution in [0, 0.1) is 5.41 Å². The van der Waals surface area contributed by atoms with Crippen LogP contribution in [-0.2, 0) is 0 Å². The summed E-state index contributed by atoms with van der Waals surface area (Å²) in [6.45, 7) is 0.428. The normalized spacial score (nSPS) is 22.7. The van der Waals surface area contributed by atoms with E-state index >= 15 is 0 Å². The number of hydrogen-bond acceptors (Lipinski definition) is 1. The van der Waals surface area contributed by atoms with Gasteiger partial charge in [0.2, 0.25) is 6.43 Å². The quantitative estimate of drug-likeness (QED) is 0.621. The average Bonchev–Trinajstić information content (AvgIpc) is 2.48. The standard InChI is InChI=1S/C6H11F2N/c7-5(8)3-6(4-9)1-2-6/h5H,1-4,9H2. The van der Waals surface area contributed by atoms with Crippen molar-refractivity contribution in [3.8, 4) is 0 Å². The molecule has 0 aliphatic heterocycles. The van der Waals surface area contributed by atoms with Crippen LogP contribution >= 0.6 is 0 Å². The lowest BCUT2D eigenvalue weighted by molar-refractivity contribution is 0.110. The zero-order valence-corrected chi connectivity index (χ0v) is 5.24. The highest BCUT2D eigenvalue weighted by molar-refractivity contribution is 4.94. The van der Waals surface area contributed by atoms with E-state index in [4.69, 9.17) is 5.73 Å². The van der Waals surface area contributed by atoms with E-state index in [1.807, 2.05) is 0 Å². The average molecular weight is 135 g/mol. The summed E-state index contributed by atoms with van der Waals surface area (Å²) in [6.07, 6.45) is -0.374. The molecule has 0 spiro atoms. The summed E-state index contributed by atoms with van der Waals surface area (Å²) in [5, 5.41) is 0. The minimum absolute atomic E-state index is 0.00347. The first-order valence-electron chi connectivity index (χ1n) is 3.17. The van der Waals surface area contributed by atoms with Crippen molar-refractivity contribution in [2.75, 3.05) is 6.54 Å². The van der Waals surface area contributed by atoms with Gasteiger partial charge in [0.15, 0.2) is 0 Å². The third-order valence-corrected chi connectivity index (χ3v) is 1.98.